The topological polar surface area (TPSA) is 35.6 Å². The first kappa shape index (κ1) is 43.2. The van der Waals surface area contributed by atoms with Crippen molar-refractivity contribution in [3.8, 4) is 78.4 Å². The molecular weight excluding hydrogens is 897 g/mol. The van der Waals surface area contributed by atoms with E-state index in [2.05, 4.69) is 278 Å². The van der Waals surface area contributed by atoms with Gasteiger partial charge in [-0.2, -0.15) is 0 Å². The Morgan fingerprint density at radius 2 is 0.500 bits per heavy atom. The fraction of sp³-hybridized carbons (Fsp3) is 0.0286. The van der Waals surface area contributed by atoms with Gasteiger partial charge >= 0.3 is 0 Å². The van der Waals surface area contributed by atoms with E-state index in [1.807, 2.05) is 0 Å². The summed E-state index contributed by atoms with van der Waals surface area (Å²) in [5.74, 6) is 0. The molecule has 74 heavy (non-hydrogen) atoms. The zero-order chi connectivity index (χ0) is 49.3. The molecule has 3 heterocycles. The Morgan fingerprint density at radius 1 is 0.243 bits per heavy atom. The van der Waals surface area contributed by atoms with Crippen LogP contribution >= 0.6 is 0 Å². The molecule has 0 spiro atoms. The van der Waals surface area contributed by atoms with Gasteiger partial charge in [0.05, 0.1) is 44.5 Å². The fourth-order valence-electron chi connectivity index (χ4n) is 11.2. The number of nitrogens with zero attached hydrogens (tertiary/aromatic N) is 4. The second-order valence-corrected chi connectivity index (χ2v) is 19.5. The summed E-state index contributed by atoms with van der Waals surface area (Å²) in [6, 6.07) is 92.2. The lowest BCUT2D eigenvalue weighted by Crippen LogP contribution is -2.00. The molecule has 14 aromatic rings. The van der Waals surface area contributed by atoms with Gasteiger partial charge in [-0.25, -0.2) is 9.97 Å². The largest absolute Gasteiger partial charge is 0.309 e. The number of aryl methyl sites for hydroxylation is 2. The third kappa shape index (κ3) is 7.30. The van der Waals surface area contributed by atoms with Crippen LogP contribution in [0.1, 0.15) is 11.1 Å². The number of hydrogen-bond donors (Lipinski definition) is 0. The lowest BCUT2D eigenvalue weighted by Gasteiger charge is -2.15. The molecule has 0 aliphatic heterocycles. The molecule has 0 aliphatic rings. The van der Waals surface area contributed by atoms with Crippen molar-refractivity contribution in [3.05, 3.63) is 266 Å². The van der Waals surface area contributed by atoms with Crippen molar-refractivity contribution in [2.24, 2.45) is 0 Å². The first-order valence-corrected chi connectivity index (χ1v) is 25.4. The van der Waals surface area contributed by atoms with E-state index < -0.39 is 0 Å². The van der Waals surface area contributed by atoms with E-state index in [0.717, 1.165) is 78.1 Å². The van der Waals surface area contributed by atoms with E-state index in [1.54, 1.807) is 0 Å². The zero-order valence-corrected chi connectivity index (χ0v) is 41.0. The minimum atomic E-state index is 0.853. The number of benzene rings is 11. The standard InChI is InChI=1S/C70H48N4/c1-45-23-24-46(2)68-67(45)71-69(51-25-33-57(34-26-51)73-63-37-29-53(47-15-7-3-8-16-47)41-59(63)60-42-54(30-38-64(60)73)48-17-9-4-10-18-48)70(72-68)52-27-35-58(36-28-52)74-65-39-31-55(49-19-11-5-12-20-49)43-61(65)62-44-56(32-40-66(62)74)50-21-13-6-14-22-50/h3-44H,1-2H3. The summed E-state index contributed by atoms with van der Waals surface area (Å²) in [7, 11) is 0. The molecule has 0 amide bonds. The van der Waals surface area contributed by atoms with Crippen LogP contribution in [0, 0.1) is 13.8 Å². The lowest BCUT2D eigenvalue weighted by atomic mass is 10.0. The maximum absolute atomic E-state index is 5.50. The summed E-state index contributed by atoms with van der Waals surface area (Å²) in [5, 5.41) is 4.87. The SMILES string of the molecule is Cc1ccc(C)c2nc(-c3ccc(-n4c5ccc(-c6ccccc6)cc5c5cc(-c6ccccc6)ccc54)cc3)c(-c3ccc(-n4c5ccc(-c6ccccc6)cc5c5cc(-c6ccccc6)ccc54)cc3)nc12. The second-order valence-electron chi connectivity index (χ2n) is 19.5. The maximum Gasteiger partial charge on any atom is 0.0973 e. The predicted octanol–water partition coefficient (Wildman–Crippen LogP) is 18.4. The number of hydrogen-bond acceptors (Lipinski definition) is 2. The molecule has 0 unspecified atom stereocenters. The van der Waals surface area contributed by atoms with Crippen LogP contribution in [0.2, 0.25) is 0 Å². The van der Waals surface area contributed by atoms with Crippen LogP contribution in [-0.2, 0) is 0 Å². The highest BCUT2D eigenvalue weighted by Crippen LogP contribution is 2.41. The minimum Gasteiger partial charge on any atom is -0.309 e. The molecule has 14 rings (SSSR count). The molecule has 0 radical (unpaired) electrons. The molecule has 0 saturated heterocycles. The summed E-state index contributed by atoms with van der Waals surface area (Å²) in [5.41, 5.74) is 24.2. The molecular formula is C70H48N4. The molecule has 0 atom stereocenters. The summed E-state index contributed by atoms with van der Waals surface area (Å²) in [6.07, 6.45) is 0. The van der Waals surface area contributed by atoms with Crippen LogP contribution in [0.25, 0.3) is 133 Å². The first-order chi connectivity index (χ1) is 36.5. The van der Waals surface area contributed by atoms with Crippen LogP contribution in [0.15, 0.2) is 255 Å². The molecule has 11 aromatic carbocycles. The third-order valence-corrected chi connectivity index (χ3v) is 15.0. The molecule has 0 aliphatic carbocycles. The van der Waals surface area contributed by atoms with E-state index in [-0.39, 0.29) is 0 Å². The molecule has 0 saturated carbocycles. The summed E-state index contributed by atoms with van der Waals surface area (Å²) >= 11 is 0. The first-order valence-electron chi connectivity index (χ1n) is 25.4. The van der Waals surface area contributed by atoms with Crippen LogP contribution in [-0.4, -0.2) is 19.1 Å². The fourth-order valence-corrected chi connectivity index (χ4v) is 11.2. The highest BCUT2D eigenvalue weighted by Gasteiger charge is 2.20. The highest BCUT2D eigenvalue weighted by atomic mass is 15.0. The second kappa shape index (κ2) is 17.6. The van der Waals surface area contributed by atoms with Gasteiger partial charge < -0.3 is 9.13 Å². The number of fused-ring (bicyclic) bond motifs is 7. The quantitative estimate of drug-likeness (QED) is 0.152. The van der Waals surface area contributed by atoms with Crippen LogP contribution in [0.4, 0.5) is 0 Å². The van der Waals surface area contributed by atoms with E-state index in [9.17, 15) is 0 Å². The Labute approximate surface area is 429 Å². The molecule has 4 heteroatoms. The third-order valence-electron chi connectivity index (χ3n) is 15.0. The van der Waals surface area contributed by atoms with Crippen molar-refractivity contribution >= 4 is 54.6 Å². The normalized spacial score (nSPS) is 11.6. The smallest absolute Gasteiger partial charge is 0.0973 e. The van der Waals surface area contributed by atoms with E-state index in [1.165, 1.54) is 66.1 Å². The van der Waals surface area contributed by atoms with Gasteiger partial charge in [-0.15, -0.1) is 0 Å². The van der Waals surface area contributed by atoms with Gasteiger partial charge in [-0.05, 0) is 142 Å². The van der Waals surface area contributed by atoms with Crippen molar-refractivity contribution in [3.63, 3.8) is 0 Å². The van der Waals surface area contributed by atoms with Crippen molar-refractivity contribution in [2.45, 2.75) is 13.8 Å². The van der Waals surface area contributed by atoms with Gasteiger partial charge in [0, 0.05) is 44.0 Å². The number of aromatic nitrogens is 4. The van der Waals surface area contributed by atoms with Gasteiger partial charge in [0.25, 0.3) is 0 Å². The van der Waals surface area contributed by atoms with Crippen LogP contribution in [0.5, 0.6) is 0 Å². The van der Waals surface area contributed by atoms with Gasteiger partial charge in [0.1, 0.15) is 0 Å². The van der Waals surface area contributed by atoms with Crippen molar-refractivity contribution in [1.29, 1.82) is 0 Å². The number of rotatable bonds is 8. The van der Waals surface area contributed by atoms with Gasteiger partial charge in [-0.3, -0.25) is 0 Å². The van der Waals surface area contributed by atoms with Crippen molar-refractivity contribution in [2.75, 3.05) is 0 Å². The van der Waals surface area contributed by atoms with Crippen molar-refractivity contribution < 1.29 is 0 Å². The molecule has 0 N–H and O–H groups in total. The Morgan fingerprint density at radius 3 is 0.770 bits per heavy atom. The van der Waals surface area contributed by atoms with Crippen LogP contribution < -0.4 is 0 Å². The van der Waals surface area contributed by atoms with Crippen molar-refractivity contribution in [1.82, 2.24) is 19.1 Å². The van der Waals surface area contributed by atoms with Gasteiger partial charge in [0.2, 0.25) is 0 Å². The summed E-state index contributed by atoms with van der Waals surface area (Å²) in [6.45, 7) is 4.26. The minimum absolute atomic E-state index is 0.853. The van der Waals surface area contributed by atoms with Gasteiger partial charge in [-0.1, -0.05) is 182 Å². The van der Waals surface area contributed by atoms with E-state index in [4.69, 9.17) is 9.97 Å². The average molecular weight is 945 g/mol. The van der Waals surface area contributed by atoms with Gasteiger partial charge in [0.15, 0.2) is 0 Å². The zero-order valence-electron chi connectivity index (χ0n) is 41.0. The molecule has 0 bridgehead atoms. The average Bonchev–Trinajstić information content (AvgIpc) is 3.98. The highest BCUT2D eigenvalue weighted by molar-refractivity contribution is 6.13. The molecule has 4 nitrogen and oxygen atoms in total. The van der Waals surface area contributed by atoms with Crippen LogP contribution in [0.3, 0.4) is 0 Å². The lowest BCUT2D eigenvalue weighted by molar-refractivity contribution is 1.17. The maximum atomic E-state index is 5.50. The summed E-state index contributed by atoms with van der Waals surface area (Å²) < 4.78 is 4.80. The molecule has 0 fully saturated rings. The molecule has 348 valence electrons. The predicted molar refractivity (Wildman–Crippen MR) is 310 cm³/mol. The Bertz CT molecular complexity index is 3960. The Kier molecular flexibility index (Phi) is 10.3. The van der Waals surface area contributed by atoms with E-state index in [0.29, 0.717) is 0 Å². The van der Waals surface area contributed by atoms with E-state index >= 15 is 0 Å². The Balaban J connectivity index is 0.891. The Hall–Kier alpha value is -9.64. The monoisotopic (exact) mass is 944 g/mol. The molecule has 3 aromatic heterocycles. The summed E-state index contributed by atoms with van der Waals surface area (Å²) in [4.78, 5) is 11.0.